The summed E-state index contributed by atoms with van der Waals surface area (Å²) in [5.74, 6) is 0.580. The number of rotatable bonds is 4. The minimum Gasteiger partial charge on any atom is -0.334 e. The number of aromatic amines is 1. The number of nitrogens with zero attached hydrogens (tertiary/aromatic N) is 3. The Balaban J connectivity index is 1.74. The van der Waals surface area contributed by atoms with Crippen LogP contribution in [-0.2, 0) is 11.2 Å². The van der Waals surface area contributed by atoms with Gasteiger partial charge in [0.2, 0.25) is 5.91 Å². The predicted octanol–water partition coefficient (Wildman–Crippen LogP) is 3.59. The maximum Gasteiger partial charge on any atom is 0.230 e. The quantitative estimate of drug-likeness (QED) is 0.930. The van der Waals surface area contributed by atoms with E-state index in [2.05, 4.69) is 36.0 Å². The molecule has 0 bridgehead atoms. The van der Waals surface area contributed by atoms with Crippen molar-refractivity contribution < 1.29 is 4.79 Å². The first-order valence-electron chi connectivity index (χ1n) is 8.31. The van der Waals surface area contributed by atoms with E-state index in [9.17, 15) is 4.79 Å². The average Bonchev–Trinajstić information content (AvgIpc) is 3.17. The Kier molecular flexibility index (Phi) is 4.80. The molecule has 23 heavy (non-hydrogen) atoms. The van der Waals surface area contributed by atoms with E-state index in [1.807, 2.05) is 11.0 Å². The predicted molar refractivity (Wildman–Crippen MR) is 91.5 cm³/mol. The van der Waals surface area contributed by atoms with Gasteiger partial charge in [-0.25, -0.2) is 4.98 Å². The zero-order chi connectivity index (χ0) is 16.4. The van der Waals surface area contributed by atoms with Crippen LogP contribution in [-0.4, -0.2) is 32.5 Å². The molecule has 1 amide bonds. The van der Waals surface area contributed by atoms with Gasteiger partial charge < -0.3 is 4.90 Å². The largest absolute Gasteiger partial charge is 0.334 e. The molecule has 1 unspecified atom stereocenters. The van der Waals surface area contributed by atoms with Crippen molar-refractivity contribution in [3.63, 3.8) is 0 Å². The van der Waals surface area contributed by atoms with Crippen molar-refractivity contribution in [1.82, 2.24) is 20.1 Å². The first-order chi connectivity index (χ1) is 11.1. The average molecular weight is 332 g/mol. The van der Waals surface area contributed by atoms with Crippen molar-refractivity contribution in [2.24, 2.45) is 0 Å². The van der Waals surface area contributed by atoms with Crippen molar-refractivity contribution in [2.75, 3.05) is 6.54 Å². The normalized spacial score (nSPS) is 18.6. The van der Waals surface area contributed by atoms with Crippen molar-refractivity contribution >= 4 is 17.2 Å². The van der Waals surface area contributed by atoms with E-state index in [-0.39, 0.29) is 11.9 Å². The van der Waals surface area contributed by atoms with E-state index >= 15 is 0 Å². The van der Waals surface area contributed by atoms with E-state index in [0.29, 0.717) is 12.3 Å². The highest BCUT2D eigenvalue weighted by molar-refractivity contribution is 7.11. The molecular formula is C17H24N4OS. The molecule has 1 fully saturated rings. The Morgan fingerprint density at radius 2 is 2.30 bits per heavy atom. The van der Waals surface area contributed by atoms with E-state index in [0.717, 1.165) is 42.2 Å². The number of carbonyl (C=O) groups excluding carboxylic acids is 1. The molecule has 124 valence electrons. The molecule has 3 heterocycles. The maximum atomic E-state index is 12.8. The fraction of sp³-hybridized carbons (Fsp3) is 0.588. The van der Waals surface area contributed by atoms with Gasteiger partial charge in [-0.3, -0.25) is 9.89 Å². The number of nitrogens with one attached hydrogen (secondary N) is 1. The molecule has 1 saturated heterocycles. The second-order valence-electron chi connectivity index (χ2n) is 6.49. The van der Waals surface area contributed by atoms with Crippen LogP contribution in [0.15, 0.2) is 12.3 Å². The third kappa shape index (κ3) is 3.47. The number of aromatic nitrogens is 3. The summed E-state index contributed by atoms with van der Waals surface area (Å²) in [6.07, 6.45) is 5.39. The zero-order valence-corrected chi connectivity index (χ0v) is 14.8. The van der Waals surface area contributed by atoms with Crippen LogP contribution in [0.2, 0.25) is 0 Å². The highest BCUT2D eigenvalue weighted by Gasteiger charge is 2.29. The van der Waals surface area contributed by atoms with Gasteiger partial charge in [-0.15, -0.1) is 11.3 Å². The maximum absolute atomic E-state index is 12.8. The van der Waals surface area contributed by atoms with Gasteiger partial charge in [-0.1, -0.05) is 13.8 Å². The number of carbonyl (C=O) groups is 1. The minimum atomic E-state index is 0.129. The summed E-state index contributed by atoms with van der Waals surface area (Å²) in [6, 6.07) is 2.10. The lowest BCUT2D eigenvalue weighted by Gasteiger charge is -2.35. The Labute approximate surface area is 141 Å². The van der Waals surface area contributed by atoms with Crippen molar-refractivity contribution in [1.29, 1.82) is 0 Å². The fourth-order valence-electron chi connectivity index (χ4n) is 3.31. The molecule has 2 aromatic heterocycles. The Bertz CT molecular complexity index is 662. The number of piperidine rings is 1. The molecule has 2 aromatic rings. The molecule has 1 aliphatic heterocycles. The van der Waals surface area contributed by atoms with Gasteiger partial charge in [0.25, 0.3) is 0 Å². The molecule has 1 aliphatic rings. The molecule has 0 radical (unpaired) electrons. The summed E-state index contributed by atoms with van der Waals surface area (Å²) < 4.78 is 0. The van der Waals surface area contributed by atoms with Crippen LogP contribution in [0.25, 0.3) is 0 Å². The van der Waals surface area contributed by atoms with Crippen LogP contribution in [0, 0.1) is 6.92 Å². The standard InChI is InChI=1S/C17H24N4OS/c1-11(2)17-12(3)23-15(19-17)10-16(22)21-9-5-4-6-14(21)13-7-8-18-20-13/h7-8,11,14H,4-6,9-10H2,1-3H3,(H,18,20). The summed E-state index contributed by atoms with van der Waals surface area (Å²) in [7, 11) is 0. The van der Waals surface area contributed by atoms with Gasteiger partial charge in [0.1, 0.15) is 5.01 Å². The Morgan fingerprint density at radius 3 is 2.96 bits per heavy atom. The molecule has 1 atom stereocenters. The van der Waals surface area contributed by atoms with Crippen LogP contribution in [0.5, 0.6) is 0 Å². The first-order valence-corrected chi connectivity index (χ1v) is 9.13. The lowest BCUT2D eigenvalue weighted by atomic mass is 9.99. The second kappa shape index (κ2) is 6.83. The summed E-state index contributed by atoms with van der Waals surface area (Å²) in [6.45, 7) is 7.21. The number of hydrogen-bond donors (Lipinski definition) is 1. The lowest BCUT2D eigenvalue weighted by molar-refractivity contribution is -0.134. The molecule has 0 saturated carbocycles. The summed E-state index contributed by atoms with van der Waals surface area (Å²) in [4.78, 5) is 20.7. The molecule has 6 heteroatoms. The number of likely N-dealkylation sites (tertiary alicyclic amines) is 1. The Hall–Kier alpha value is -1.69. The third-order valence-electron chi connectivity index (χ3n) is 4.43. The number of aryl methyl sites for hydroxylation is 1. The lowest BCUT2D eigenvalue weighted by Crippen LogP contribution is -2.39. The summed E-state index contributed by atoms with van der Waals surface area (Å²) >= 11 is 1.65. The van der Waals surface area contributed by atoms with Crippen LogP contribution in [0.3, 0.4) is 0 Å². The fourth-order valence-corrected chi connectivity index (χ4v) is 4.39. The molecule has 0 aromatic carbocycles. The van der Waals surface area contributed by atoms with Gasteiger partial charge in [0, 0.05) is 17.6 Å². The van der Waals surface area contributed by atoms with Crippen LogP contribution >= 0.6 is 11.3 Å². The van der Waals surface area contributed by atoms with Gasteiger partial charge in [-0.05, 0) is 38.2 Å². The van der Waals surface area contributed by atoms with Crippen molar-refractivity contribution in [3.8, 4) is 0 Å². The SMILES string of the molecule is Cc1sc(CC(=O)N2CCCCC2c2ccn[nH]2)nc1C(C)C. The van der Waals surface area contributed by atoms with Crippen LogP contribution in [0.1, 0.15) is 66.3 Å². The molecule has 0 aliphatic carbocycles. The highest BCUT2D eigenvalue weighted by atomic mass is 32.1. The number of amides is 1. The minimum absolute atomic E-state index is 0.129. The smallest absolute Gasteiger partial charge is 0.230 e. The topological polar surface area (TPSA) is 61.9 Å². The number of hydrogen-bond acceptors (Lipinski definition) is 4. The molecule has 5 nitrogen and oxygen atoms in total. The summed E-state index contributed by atoms with van der Waals surface area (Å²) in [5, 5.41) is 8.00. The number of thiazole rings is 1. The molecule has 3 rings (SSSR count). The van der Waals surface area contributed by atoms with Gasteiger partial charge in [0.15, 0.2) is 0 Å². The van der Waals surface area contributed by atoms with Gasteiger partial charge in [0.05, 0.1) is 23.9 Å². The third-order valence-corrected chi connectivity index (χ3v) is 5.42. The van der Waals surface area contributed by atoms with Crippen LogP contribution < -0.4 is 0 Å². The second-order valence-corrected chi connectivity index (χ2v) is 7.78. The van der Waals surface area contributed by atoms with E-state index < -0.39 is 0 Å². The molecule has 0 spiro atoms. The highest BCUT2D eigenvalue weighted by Crippen LogP contribution is 2.31. The van der Waals surface area contributed by atoms with E-state index in [1.54, 1.807) is 17.5 Å². The van der Waals surface area contributed by atoms with Crippen LogP contribution in [0.4, 0.5) is 0 Å². The summed E-state index contributed by atoms with van der Waals surface area (Å²) in [5.41, 5.74) is 2.16. The first kappa shape index (κ1) is 16.2. The van der Waals surface area contributed by atoms with Gasteiger partial charge in [-0.2, -0.15) is 5.10 Å². The van der Waals surface area contributed by atoms with Gasteiger partial charge >= 0.3 is 0 Å². The van der Waals surface area contributed by atoms with Crippen molar-refractivity contribution in [3.05, 3.63) is 33.5 Å². The molecule has 1 N–H and O–H groups in total. The zero-order valence-electron chi connectivity index (χ0n) is 14.0. The van der Waals surface area contributed by atoms with E-state index in [1.165, 1.54) is 4.88 Å². The molecular weight excluding hydrogens is 308 g/mol. The van der Waals surface area contributed by atoms with Crippen molar-refractivity contribution in [2.45, 2.75) is 58.4 Å². The Morgan fingerprint density at radius 1 is 1.48 bits per heavy atom. The van der Waals surface area contributed by atoms with E-state index in [4.69, 9.17) is 0 Å². The number of H-pyrrole nitrogens is 1. The monoisotopic (exact) mass is 332 g/mol.